The van der Waals surface area contributed by atoms with E-state index in [2.05, 4.69) is 9.47 Å². The highest BCUT2D eigenvalue weighted by molar-refractivity contribution is 5.71. The maximum Gasteiger partial charge on any atom is 0.511 e. The molecule has 104 valence electrons. The van der Waals surface area contributed by atoms with Crippen LogP contribution in [0, 0.1) is 5.92 Å². The van der Waals surface area contributed by atoms with Crippen LogP contribution in [0.25, 0.3) is 0 Å². The Bertz CT molecular complexity index is 298. The molecule has 0 aliphatic rings. The predicted molar refractivity (Wildman–Crippen MR) is 59.7 cm³/mol. The number of carbonyl (C=O) groups is 3. The number of hydrogen-bond donors (Lipinski definition) is 1. The maximum atomic E-state index is 11.2. The lowest BCUT2D eigenvalue weighted by Crippen LogP contribution is -2.24. The number of hydrogen-bond acceptors (Lipinski definition) is 6. The van der Waals surface area contributed by atoms with Gasteiger partial charge in [0.1, 0.15) is 0 Å². The quantitative estimate of drug-likeness (QED) is 0.422. The topological polar surface area (TPSA) is 99.1 Å². The minimum atomic E-state index is -1.04. The van der Waals surface area contributed by atoms with Gasteiger partial charge in [-0.05, 0) is 6.42 Å². The first-order valence-electron chi connectivity index (χ1n) is 5.58. The van der Waals surface area contributed by atoms with E-state index in [4.69, 9.17) is 9.84 Å². The van der Waals surface area contributed by atoms with Gasteiger partial charge in [-0.3, -0.25) is 9.59 Å². The molecule has 0 aliphatic carbocycles. The van der Waals surface area contributed by atoms with Crippen molar-refractivity contribution in [3.63, 3.8) is 0 Å². The maximum absolute atomic E-state index is 11.2. The van der Waals surface area contributed by atoms with Crippen LogP contribution in [0.1, 0.15) is 33.6 Å². The molecule has 1 atom stereocenters. The largest absolute Gasteiger partial charge is 0.511 e. The molecule has 0 aromatic heterocycles. The fraction of sp³-hybridized carbons (Fsp3) is 0.727. The zero-order valence-electron chi connectivity index (χ0n) is 10.7. The van der Waals surface area contributed by atoms with E-state index in [-0.39, 0.29) is 25.4 Å². The zero-order valence-corrected chi connectivity index (χ0v) is 10.7. The van der Waals surface area contributed by atoms with Crippen molar-refractivity contribution < 1.29 is 33.7 Å². The molecule has 0 amide bonds. The Kier molecular flexibility index (Phi) is 7.50. The number of carboxylic acid groups (broad SMARTS) is 1. The van der Waals surface area contributed by atoms with Gasteiger partial charge in [0, 0.05) is 13.3 Å². The minimum Gasteiger partial charge on any atom is -0.481 e. The second-order valence-electron chi connectivity index (χ2n) is 3.87. The van der Waals surface area contributed by atoms with Gasteiger partial charge >= 0.3 is 18.1 Å². The van der Waals surface area contributed by atoms with Crippen molar-refractivity contribution >= 4 is 18.1 Å². The Labute approximate surface area is 105 Å². The lowest BCUT2D eigenvalue weighted by Gasteiger charge is -2.15. The fourth-order valence-corrected chi connectivity index (χ4v) is 0.872. The van der Waals surface area contributed by atoms with Crippen LogP contribution in [-0.2, 0) is 23.8 Å². The van der Waals surface area contributed by atoms with E-state index < -0.39 is 24.4 Å². The van der Waals surface area contributed by atoms with Gasteiger partial charge < -0.3 is 19.3 Å². The van der Waals surface area contributed by atoms with Crippen LogP contribution in [0.15, 0.2) is 0 Å². The summed E-state index contributed by atoms with van der Waals surface area (Å²) in [6.07, 6.45) is -1.92. The van der Waals surface area contributed by atoms with Crippen LogP contribution in [0.4, 0.5) is 4.79 Å². The molecule has 0 rings (SSSR count). The van der Waals surface area contributed by atoms with E-state index in [1.54, 1.807) is 13.8 Å². The van der Waals surface area contributed by atoms with Crippen molar-refractivity contribution in [3.05, 3.63) is 0 Å². The second kappa shape index (κ2) is 8.32. The number of carboxylic acids is 1. The molecule has 0 radical (unpaired) electrons. The van der Waals surface area contributed by atoms with Gasteiger partial charge in [-0.2, -0.15) is 0 Å². The van der Waals surface area contributed by atoms with Crippen molar-refractivity contribution in [1.82, 2.24) is 0 Å². The Hall–Kier alpha value is -1.79. The van der Waals surface area contributed by atoms with Gasteiger partial charge in [-0.15, -0.1) is 0 Å². The average molecular weight is 262 g/mol. The third-order valence-corrected chi connectivity index (χ3v) is 1.77. The highest BCUT2D eigenvalue weighted by atomic mass is 16.8. The standard InChI is InChI=1S/C11H18O7/c1-7(2)10(14)17-8(3)18-11(15)16-6-4-5-9(12)13/h7-8H,4-6H2,1-3H3,(H,12,13). The molecule has 0 aromatic carbocycles. The molecular formula is C11H18O7. The van der Waals surface area contributed by atoms with E-state index in [1.165, 1.54) is 6.92 Å². The van der Waals surface area contributed by atoms with E-state index in [0.717, 1.165) is 0 Å². The molecule has 0 bridgehead atoms. The first-order chi connectivity index (χ1) is 8.32. The van der Waals surface area contributed by atoms with Crippen LogP contribution in [0.2, 0.25) is 0 Å². The molecule has 0 aliphatic heterocycles. The zero-order chi connectivity index (χ0) is 14.1. The van der Waals surface area contributed by atoms with Gasteiger partial charge in [0.05, 0.1) is 12.5 Å². The molecule has 0 saturated heterocycles. The lowest BCUT2D eigenvalue weighted by atomic mass is 10.2. The molecule has 1 unspecified atom stereocenters. The Balaban J connectivity index is 3.74. The van der Waals surface area contributed by atoms with E-state index >= 15 is 0 Å². The molecule has 1 N–H and O–H groups in total. The smallest absolute Gasteiger partial charge is 0.481 e. The number of esters is 1. The summed E-state index contributed by atoms with van der Waals surface area (Å²) in [6.45, 7) is 4.63. The number of ether oxygens (including phenoxy) is 3. The van der Waals surface area contributed by atoms with Gasteiger partial charge in [0.2, 0.25) is 6.29 Å². The highest BCUT2D eigenvalue weighted by Crippen LogP contribution is 2.03. The highest BCUT2D eigenvalue weighted by Gasteiger charge is 2.17. The van der Waals surface area contributed by atoms with Crippen LogP contribution in [0.5, 0.6) is 0 Å². The van der Waals surface area contributed by atoms with Gasteiger partial charge in [-0.25, -0.2) is 4.79 Å². The number of carbonyl (C=O) groups excluding carboxylic acids is 2. The number of rotatable bonds is 7. The van der Waals surface area contributed by atoms with E-state index in [1.807, 2.05) is 0 Å². The summed E-state index contributed by atoms with van der Waals surface area (Å²) in [6, 6.07) is 0. The van der Waals surface area contributed by atoms with Crippen molar-refractivity contribution in [2.45, 2.75) is 39.9 Å². The second-order valence-corrected chi connectivity index (χ2v) is 3.87. The first kappa shape index (κ1) is 16.2. The fourth-order valence-electron chi connectivity index (χ4n) is 0.872. The van der Waals surface area contributed by atoms with E-state index in [0.29, 0.717) is 0 Å². The molecule has 18 heavy (non-hydrogen) atoms. The molecule has 7 heteroatoms. The van der Waals surface area contributed by atoms with Crippen molar-refractivity contribution in [3.8, 4) is 0 Å². The third kappa shape index (κ3) is 8.37. The number of aliphatic carboxylic acids is 1. The van der Waals surface area contributed by atoms with Crippen LogP contribution >= 0.6 is 0 Å². The molecule has 0 aromatic rings. The summed E-state index contributed by atoms with van der Waals surface area (Å²) in [5.41, 5.74) is 0. The summed E-state index contributed by atoms with van der Waals surface area (Å²) < 4.78 is 14.0. The molecule has 0 saturated carbocycles. The lowest BCUT2D eigenvalue weighted by molar-refractivity contribution is -0.171. The summed E-state index contributed by atoms with van der Waals surface area (Å²) in [7, 11) is 0. The van der Waals surface area contributed by atoms with Gasteiger partial charge in [0.15, 0.2) is 0 Å². The minimum absolute atomic E-state index is 0.0595. The van der Waals surface area contributed by atoms with Crippen molar-refractivity contribution in [2.75, 3.05) is 6.61 Å². The SMILES string of the molecule is CC(OC(=O)OCCCC(=O)O)OC(=O)C(C)C. The monoisotopic (exact) mass is 262 g/mol. The van der Waals surface area contributed by atoms with Gasteiger partial charge in [-0.1, -0.05) is 13.8 Å². The molecular weight excluding hydrogens is 244 g/mol. The normalized spacial score (nSPS) is 11.8. The Morgan fingerprint density at radius 2 is 1.72 bits per heavy atom. The van der Waals surface area contributed by atoms with Gasteiger partial charge in [0.25, 0.3) is 0 Å². The molecule has 0 spiro atoms. The Morgan fingerprint density at radius 1 is 1.11 bits per heavy atom. The van der Waals surface area contributed by atoms with E-state index in [9.17, 15) is 14.4 Å². The molecule has 0 fully saturated rings. The van der Waals surface area contributed by atoms with Crippen molar-refractivity contribution in [2.24, 2.45) is 5.92 Å². The summed E-state index contributed by atoms with van der Waals surface area (Å²) in [5.74, 6) is -1.77. The Morgan fingerprint density at radius 3 is 2.22 bits per heavy atom. The van der Waals surface area contributed by atoms with Crippen LogP contribution in [-0.4, -0.2) is 36.1 Å². The average Bonchev–Trinajstić information content (AvgIpc) is 2.23. The molecule has 0 heterocycles. The summed E-state index contributed by atoms with van der Waals surface area (Å²) in [4.78, 5) is 32.4. The molecule has 7 nitrogen and oxygen atoms in total. The first-order valence-corrected chi connectivity index (χ1v) is 5.58. The third-order valence-electron chi connectivity index (χ3n) is 1.77. The summed E-state index contributed by atoms with van der Waals surface area (Å²) in [5, 5.41) is 8.35. The van der Waals surface area contributed by atoms with Crippen molar-refractivity contribution in [1.29, 1.82) is 0 Å². The predicted octanol–water partition coefficient (Wildman–Crippen LogP) is 1.55. The van der Waals surface area contributed by atoms with Crippen LogP contribution in [0.3, 0.4) is 0 Å². The van der Waals surface area contributed by atoms with Crippen LogP contribution < -0.4 is 0 Å². The summed E-state index contributed by atoms with van der Waals surface area (Å²) >= 11 is 0.